The van der Waals surface area contributed by atoms with Gasteiger partial charge in [0.1, 0.15) is 10.9 Å². The van der Waals surface area contributed by atoms with Crippen molar-refractivity contribution < 1.29 is 4.79 Å². The molecule has 1 aliphatic rings. The average molecular weight is 423 g/mol. The maximum atomic E-state index is 12.7. The molecule has 1 aliphatic carbocycles. The van der Waals surface area contributed by atoms with Gasteiger partial charge >= 0.3 is 0 Å². The van der Waals surface area contributed by atoms with E-state index in [0.717, 1.165) is 36.7 Å². The topological polar surface area (TPSA) is 116 Å². The van der Waals surface area contributed by atoms with Crippen LogP contribution in [0.3, 0.4) is 0 Å². The van der Waals surface area contributed by atoms with Crippen LogP contribution in [0.25, 0.3) is 16.7 Å². The Morgan fingerprint density at radius 2 is 2.03 bits per heavy atom. The highest BCUT2D eigenvalue weighted by atomic mass is 32.2. The number of benzene rings is 1. The van der Waals surface area contributed by atoms with Crippen LogP contribution in [-0.2, 0) is 4.79 Å². The molecule has 154 valence electrons. The van der Waals surface area contributed by atoms with Crippen LogP contribution in [0.1, 0.15) is 39.0 Å². The zero-order chi connectivity index (χ0) is 21.1. The van der Waals surface area contributed by atoms with Crippen molar-refractivity contribution in [2.24, 2.45) is 0 Å². The van der Waals surface area contributed by atoms with Gasteiger partial charge in [0.2, 0.25) is 5.91 Å². The smallest absolute Gasteiger partial charge is 0.262 e. The Morgan fingerprint density at radius 3 is 2.73 bits per heavy atom. The van der Waals surface area contributed by atoms with Crippen LogP contribution in [0.2, 0.25) is 0 Å². The summed E-state index contributed by atoms with van der Waals surface area (Å²) < 4.78 is 1.60. The van der Waals surface area contributed by atoms with Crippen molar-refractivity contribution in [3.05, 3.63) is 46.9 Å². The molecule has 0 spiro atoms. The minimum Gasteiger partial charge on any atom is -0.337 e. The predicted octanol–water partition coefficient (Wildman–Crippen LogP) is 2.93. The Balaban J connectivity index is 1.57. The molecule has 8 nitrogen and oxygen atoms in total. The molecule has 1 fully saturated rings. The van der Waals surface area contributed by atoms with E-state index in [4.69, 9.17) is 0 Å². The number of hydrogen-bond acceptors (Lipinski definition) is 6. The SMILES string of the molecule is CC(Sc1nc2c(cnn2-c2ccccc2)c(=O)[nH]1)C(=O)NC1(C#N)CCCCC1. The second kappa shape index (κ2) is 8.32. The summed E-state index contributed by atoms with van der Waals surface area (Å²) in [4.78, 5) is 32.5. The summed E-state index contributed by atoms with van der Waals surface area (Å²) in [6.07, 6.45) is 5.78. The second-order valence-corrected chi connectivity index (χ2v) is 8.83. The highest BCUT2D eigenvalue weighted by molar-refractivity contribution is 8.00. The summed E-state index contributed by atoms with van der Waals surface area (Å²) in [5.74, 6) is -0.234. The highest BCUT2D eigenvalue weighted by Crippen LogP contribution is 2.29. The van der Waals surface area contributed by atoms with Gasteiger partial charge in [0.15, 0.2) is 10.8 Å². The number of nitrogens with one attached hydrogen (secondary N) is 2. The number of fused-ring (bicyclic) bond motifs is 1. The first-order valence-corrected chi connectivity index (χ1v) is 10.8. The molecule has 2 N–H and O–H groups in total. The third-order valence-electron chi connectivity index (χ3n) is 5.36. The number of rotatable bonds is 5. The van der Waals surface area contributed by atoms with Gasteiger partial charge in [-0.1, -0.05) is 49.2 Å². The molecule has 4 rings (SSSR count). The van der Waals surface area contributed by atoms with E-state index in [0.29, 0.717) is 29.0 Å². The number of aromatic nitrogens is 4. The van der Waals surface area contributed by atoms with Crippen molar-refractivity contribution in [2.75, 3.05) is 0 Å². The van der Waals surface area contributed by atoms with Crippen molar-refractivity contribution in [3.63, 3.8) is 0 Å². The lowest BCUT2D eigenvalue weighted by atomic mass is 9.83. The lowest BCUT2D eigenvalue weighted by Gasteiger charge is -2.32. The molecule has 1 saturated carbocycles. The Labute approximate surface area is 177 Å². The number of aromatic amines is 1. The molecule has 1 atom stereocenters. The van der Waals surface area contributed by atoms with Gasteiger partial charge in [0.25, 0.3) is 5.56 Å². The molecular formula is C21H22N6O2S. The highest BCUT2D eigenvalue weighted by Gasteiger charge is 2.35. The van der Waals surface area contributed by atoms with E-state index >= 15 is 0 Å². The molecule has 2 heterocycles. The Morgan fingerprint density at radius 1 is 1.30 bits per heavy atom. The molecular weight excluding hydrogens is 400 g/mol. The zero-order valence-electron chi connectivity index (χ0n) is 16.6. The molecule has 1 amide bonds. The van der Waals surface area contributed by atoms with E-state index in [-0.39, 0.29) is 11.5 Å². The number of hydrogen-bond donors (Lipinski definition) is 2. The van der Waals surface area contributed by atoms with Crippen molar-refractivity contribution in [1.29, 1.82) is 5.26 Å². The van der Waals surface area contributed by atoms with Gasteiger partial charge in [-0.15, -0.1) is 0 Å². The normalized spacial score (nSPS) is 16.7. The molecule has 3 aromatic rings. The quantitative estimate of drug-likeness (QED) is 0.482. The van der Waals surface area contributed by atoms with Gasteiger partial charge in [0.05, 0.1) is 23.2 Å². The molecule has 0 saturated heterocycles. The molecule has 2 aromatic heterocycles. The number of nitriles is 1. The van der Waals surface area contributed by atoms with E-state index in [2.05, 4.69) is 26.5 Å². The van der Waals surface area contributed by atoms with Crippen molar-refractivity contribution in [2.45, 2.75) is 55.0 Å². The number of carbonyl (C=O) groups is 1. The molecule has 0 radical (unpaired) electrons. The van der Waals surface area contributed by atoms with Crippen molar-refractivity contribution >= 4 is 28.7 Å². The maximum absolute atomic E-state index is 12.7. The van der Waals surface area contributed by atoms with Gasteiger partial charge in [-0.05, 0) is 31.9 Å². The van der Waals surface area contributed by atoms with Gasteiger partial charge in [-0.3, -0.25) is 9.59 Å². The Kier molecular flexibility index (Phi) is 5.59. The van der Waals surface area contributed by atoms with Crippen LogP contribution in [-0.4, -0.2) is 36.4 Å². The lowest BCUT2D eigenvalue weighted by molar-refractivity contribution is -0.121. The van der Waals surface area contributed by atoms with Crippen molar-refractivity contribution in [3.8, 4) is 11.8 Å². The Bertz CT molecular complexity index is 1160. The maximum Gasteiger partial charge on any atom is 0.262 e. The van der Waals surface area contributed by atoms with Gasteiger partial charge in [-0.25, -0.2) is 9.67 Å². The molecule has 1 unspecified atom stereocenters. The third kappa shape index (κ3) is 3.96. The summed E-state index contributed by atoms with van der Waals surface area (Å²) in [5, 5.41) is 17.0. The van der Waals surface area contributed by atoms with E-state index < -0.39 is 10.8 Å². The average Bonchev–Trinajstić information content (AvgIpc) is 3.19. The van der Waals surface area contributed by atoms with E-state index in [9.17, 15) is 14.9 Å². The fourth-order valence-electron chi connectivity index (χ4n) is 3.69. The first-order valence-electron chi connectivity index (χ1n) is 9.95. The number of thioether (sulfide) groups is 1. The molecule has 1 aromatic carbocycles. The number of nitrogens with zero attached hydrogens (tertiary/aromatic N) is 4. The van der Waals surface area contributed by atoms with E-state index in [1.807, 2.05) is 30.3 Å². The minimum absolute atomic E-state index is 0.234. The van der Waals surface area contributed by atoms with Crippen LogP contribution in [0, 0.1) is 11.3 Å². The van der Waals surface area contributed by atoms with Gasteiger partial charge in [0, 0.05) is 0 Å². The summed E-state index contributed by atoms with van der Waals surface area (Å²) in [6.45, 7) is 1.74. The van der Waals surface area contributed by atoms with Crippen LogP contribution in [0.4, 0.5) is 0 Å². The van der Waals surface area contributed by atoms with Gasteiger partial charge < -0.3 is 10.3 Å². The standard InChI is InChI=1S/C21H22N6O2S/c1-14(18(28)26-21(13-22)10-6-3-7-11-21)30-20-24-17-16(19(29)25-20)12-23-27(17)15-8-4-2-5-9-15/h2,4-5,8-9,12,14H,3,6-7,10-11H2,1H3,(H,26,28)(H,24,25,29). The fourth-order valence-corrected chi connectivity index (χ4v) is 4.48. The number of para-hydroxylation sites is 1. The first-order chi connectivity index (χ1) is 14.5. The largest absolute Gasteiger partial charge is 0.337 e. The van der Waals surface area contributed by atoms with Crippen LogP contribution >= 0.6 is 11.8 Å². The van der Waals surface area contributed by atoms with E-state index in [1.54, 1.807) is 11.6 Å². The van der Waals surface area contributed by atoms with Crippen LogP contribution in [0.15, 0.2) is 46.5 Å². The summed E-state index contributed by atoms with van der Waals surface area (Å²) in [5.41, 5.74) is 0.125. The Hall–Kier alpha value is -3.12. The second-order valence-electron chi connectivity index (χ2n) is 7.50. The van der Waals surface area contributed by atoms with Crippen LogP contribution < -0.4 is 10.9 Å². The molecule has 0 bridgehead atoms. The van der Waals surface area contributed by atoms with Gasteiger partial charge in [-0.2, -0.15) is 10.4 Å². The summed E-state index contributed by atoms with van der Waals surface area (Å²) in [7, 11) is 0. The van der Waals surface area contributed by atoms with Crippen LogP contribution in [0.5, 0.6) is 0 Å². The minimum atomic E-state index is -0.791. The fraction of sp³-hybridized carbons (Fsp3) is 0.381. The number of carbonyl (C=O) groups excluding carboxylic acids is 1. The number of H-pyrrole nitrogens is 1. The molecule has 9 heteroatoms. The predicted molar refractivity (Wildman–Crippen MR) is 114 cm³/mol. The third-order valence-corrected chi connectivity index (χ3v) is 6.34. The summed E-state index contributed by atoms with van der Waals surface area (Å²) in [6, 6.07) is 11.7. The molecule has 0 aliphatic heterocycles. The monoisotopic (exact) mass is 422 g/mol. The number of amides is 1. The summed E-state index contributed by atoms with van der Waals surface area (Å²) >= 11 is 1.16. The lowest BCUT2D eigenvalue weighted by Crippen LogP contribution is -2.51. The van der Waals surface area contributed by atoms with E-state index in [1.165, 1.54) is 6.20 Å². The molecule has 30 heavy (non-hydrogen) atoms. The zero-order valence-corrected chi connectivity index (χ0v) is 17.4. The first kappa shape index (κ1) is 20.2. The van der Waals surface area contributed by atoms with Crippen molar-refractivity contribution in [1.82, 2.24) is 25.1 Å².